The van der Waals surface area contributed by atoms with Gasteiger partial charge in [-0.15, -0.1) is 0 Å². The third-order valence-electron chi connectivity index (χ3n) is 2.55. The minimum Gasteiger partial charge on any atom is -0.383 e. The first-order chi connectivity index (χ1) is 7.77. The number of anilines is 1. The maximum absolute atomic E-state index is 6.17. The van der Waals surface area contributed by atoms with Crippen LogP contribution in [0.25, 0.3) is 21.8 Å². The largest absolute Gasteiger partial charge is 0.383 e. The van der Waals surface area contributed by atoms with Crippen LogP contribution < -0.4 is 5.73 Å². The fourth-order valence-electron chi connectivity index (χ4n) is 1.84. The zero-order chi connectivity index (χ0) is 11.1. The van der Waals surface area contributed by atoms with Crippen LogP contribution >= 0.6 is 11.6 Å². The van der Waals surface area contributed by atoms with Crippen LogP contribution in [0.15, 0.2) is 36.5 Å². The van der Waals surface area contributed by atoms with Gasteiger partial charge >= 0.3 is 0 Å². The Labute approximate surface area is 96.9 Å². The highest BCUT2D eigenvalue weighted by molar-refractivity contribution is 6.37. The summed E-state index contributed by atoms with van der Waals surface area (Å²) in [7, 11) is 0. The highest BCUT2D eigenvalue weighted by Crippen LogP contribution is 2.30. The molecule has 3 nitrogen and oxygen atoms in total. The van der Waals surface area contributed by atoms with Crippen molar-refractivity contribution in [3.63, 3.8) is 0 Å². The molecule has 0 aliphatic heterocycles. The van der Waals surface area contributed by atoms with Crippen LogP contribution in [0.1, 0.15) is 0 Å². The molecule has 0 amide bonds. The lowest BCUT2D eigenvalue weighted by Crippen LogP contribution is -1.94. The summed E-state index contributed by atoms with van der Waals surface area (Å²) < 4.78 is 0. The van der Waals surface area contributed by atoms with Gasteiger partial charge in [-0.1, -0.05) is 17.7 Å². The van der Waals surface area contributed by atoms with E-state index in [2.05, 4.69) is 9.97 Å². The molecule has 0 bridgehead atoms. The van der Waals surface area contributed by atoms with Gasteiger partial charge in [0.1, 0.15) is 5.82 Å². The molecule has 0 fully saturated rings. The minimum atomic E-state index is 0.484. The third kappa shape index (κ3) is 1.22. The van der Waals surface area contributed by atoms with E-state index in [1.54, 1.807) is 6.20 Å². The van der Waals surface area contributed by atoms with Gasteiger partial charge in [-0.25, -0.2) is 4.98 Å². The van der Waals surface area contributed by atoms with Crippen LogP contribution in [0.5, 0.6) is 0 Å². The summed E-state index contributed by atoms with van der Waals surface area (Å²) in [6.45, 7) is 0. The van der Waals surface area contributed by atoms with Crippen molar-refractivity contribution in [1.29, 1.82) is 0 Å². The molecule has 2 N–H and O–H groups in total. The molecule has 0 saturated carbocycles. The highest BCUT2D eigenvalue weighted by atomic mass is 35.5. The first-order valence-electron chi connectivity index (χ1n) is 4.86. The monoisotopic (exact) mass is 229 g/mol. The number of hydrogen-bond acceptors (Lipinski definition) is 3. The van der Waals surface area contributed by atoms with Crippen molar-refractivity contribution in [3.8, 4) is 0 Å². The average Bonchev–Trinajstić information content (AvgIpc) is 2.29. The molecule has 1 aromatic carbocycles. The van der Waals surface area contributed by atoms with Gasteiger partial charge in [0.05, 0.1) is 16.1 Å². The Morgan fingerprint density at radius 1 is 1.12 bits per heavy atom. The van der Waals surface area contributed by atoms with Crippen molar-refractivity contribution in [2.24, 2.45) is 0 Å². The average molecular weight is 230 g/mol. The number of nitrogen functional groups attached to an aromatic ring is 1. The van der Waals surface area contributed by atoms with E-state index in [-0.39, 0.29) is 0 Å². The molecular formula is C12H8ClN3. The molecule has 3 aromatic rings. The Morgan fingerprint density at radius 3 is 2.88 bits per heavy atom. The third-order valence-corrected chi connectivity index (χ3v) is 2.87. The summed E-state index contributed by atoms with van der Waals surface area (Å²) in [6.07, 6.45) is 1.73. The number of rotatable bonds is 0. The first kappa shape index (κ1) is 9.36. The van der Waals surface area contributed by atoms with Crippen LogP contribution in [0.4, 0.5) is 5.82 Å². The zero-order valence-corrected chi connectivity index (χ0v) is 9.07. The Morgan fingerprint density at radius 2 is 2.00 bits per heavy atom. The summed E-state index contributed by atoms with van der Waals surface area (Å²) in [5.41, 5.74) is 7.45. The summed E-state index contributed by atoms with van der Waals surface area (Å²) in [5.74, 6) is 0.484. The van der Waals surface area contributed by atoms with Gasteiger partial charge < -0.3 is 5.73 Å². The second kappa shape index (κ2) is 3.32. The topological polar surface area (TPSA) is 51.8 Å². The van der Waals surface area contributed by atoms with E-state index >= 15 is 0 Å². The number of benzene rings is 1. The van der Waals surface area contributed by atoms with Gasteiger partial charge in [-0.3, -0.25) is 4.98 Å². The van der Waals surface area contributed by atoms with E-state index < -0.39 is 0 Å². The van der Waals surface area contributed by atoms with Crippen molar-refractivity contribution in [1.82, 2.24) is 9.97 Å². The van der Waals surface area contributed by atoms with Crippen LogP contribution in [-0.4, -0.2) is 9.97 Å². The zero-order valence-electron chi connectivity index (χ0n) is 8.31. The maximum Gasteiger partial charge on any atom is 0.133 e. The van der Waals surface area contributed by atoms with Crippen molar-refractivity contribution < 1.29 is 0 Å². The Bertz CT molecular complexity index is 694. The van der Waals surface area contributed by atoms with Crippen molar-refractivity contribution in [2.45, 2.75) is 0 Å². The van der Waals surface area contributed by atoms with Gasteiger partial charge in [0.25, 0.3) is 0 Å². The number of hydrogen-bond donors (Lipinski definition) is 1. The molecule has 2 heterocycles. The first-order valence-corrected chi connectivity index (χ1v) is 5.23. The van der Waals surface area contributed by atoms with Gasteiger partial charge in [0, 0.05) is 17.0 Å². The smallest absolute Gasteiger partial charge is 0.133 e. The highest BCUT2D eigenvalue weighted by Gasteiger charge is 2.08. The summed E-state index contributed by atoms with van der Waals surface area (Å²) in [4.78, 5) is 8.64. The van der Waals surface area contributed by atoms with Crippen LogP contribution in [-0.2, 0) is 0 Å². The van der Waals surface area contributed by atoms with Crippen LogP contribution in [0, 0.1) is 0 Å². The van der Waals surface area contributed by atoms with Crippen molar-refractivity contribution >= 4 is 39.2 Å². The predicted molar refractivity (Wildman–Crippen MR) is 66.5 cm³/mol. The number of nitrogens with two attached hydrogens (primary N) is 1. The lowest BCUT2D eigenvalue weighted by atomic mass is 10.1. The van der Waals surface area contributed by atoms with Crippen LogP contribution in [0.2, 0.25) is 5.02 Å². The van der Waals surface area contributed by atoms with Crippen LogP contribution in [0.3, 0.4) is 0 Å². The van der Waals surface area contributed by atoms with Crippen molar-refractivity contribution in [2.75, 3.05) is 5.73 Å². The lowest BCUT2D eigenvalue weighted by Gasteiger charge is -2.06. The molecule has 0 unspecified atom stereocenters. The summed E-state index contributed by atoms with van der Waals surface area (Å²) in [5, 5.41) is 2.34. The van der Waals surface area contributed by atoms with Gasteiger partial charge in [-0.05, 0) is 24.3 Å². The number of pyridine rings is 2. The summed E-state index contributed by atoms with van der Waals surface area (Å²) in [6, 6.07) is 9.30. The Balaban J connectivity index is 2.67. The van der Waals surface area contributed by atoms with E-state index in [9.17, 15) is 0 Å². The van der Waals surface area contributed by atoms with E-state index in [4.69, 9.17) is 17.3 Å². The molecule has 0 saturated heterocycles. The number of fused-ring (bicyclic) bond motifs is 3. The standard InChI is InChI=1S/C12H8ClN3/c13-8-4-1-5-9-10(8)11-7(12(14)16-9)3-2-6-15-11/h1-6H,(H2,14,16). The molecule has 2 aromatic heterocycles. The van der Waals surface area contributed by atoms with Crippen molar-refractivity contribution in [3.05, 3.63) is 41.6 Å². The Hall–Kier alpha value is -1.87. The van der Waals surface area contributed by atoms with Gasteiger partial charge in [0.2, 0.25) is 0 Å². The molecule has 3 rings (SSSR count). The molecule has 78 valence electrons. The number of aromatic nitrogens is 2. The molecule has 0 spiro atoms. The predicted octanol–water partition coefficient (Wildman–Crippen LogP) is 3.02. The fraction of sp³-hybridized carbons (Fsp3) is 0. The molecule has 0 atom stereocenters. The molecule has 16 heavy (non-hydrogen) atoms. The van der Waals surface area contributed by atoms with Gasteiger partial charge in [0.15, 0.2) is 0 Å². The number of halogens is 1. The summed E-state index contributed by atoms with van der Waals surface area (Å²) >= 11 is 6.17. The molecule has 4 heteroatoms. The molecule has 0 radical (unpaired) electrons. The molecule has 0 aliphatic rings. The molecule has 0 aliphatic carbocycles. The quantitative estimate of drug-likeness (QED) is 0.603. The van der Waals surface area contributed by atoms with E-state index in [1.165, 1.54) is 0 Å². The maximum atomic E-state index is 6.17. The Kier molecular flexibility index (Phi) is 1.94. The molecular weight excluding hydrogens is 222 g/mol. The second-order valence-electron chi connectivity index (χ2n) is 3.53. The minimum absolute atomic E-state index is 0.484. The normalized spacial score (nSPS) is 11.1. The SMILES string of the molecule is Nc1nc2cccc(Cl)c2c2ncccc12. The fourth-order valence-corrected chi connectivity index (χ4v) is 2.10. The second-order valence-corrected chi connectivity index (χ2v) is 3.94. The number of nitrogens with zero attached hydrogens (tertiary/aromatic N) is 2. The van der Waals surface area contributed by atoms with Gasteiger partial charge in [-0.2, -0.15) is 0 Å². The van der Waals surface area contributed by atoms with E-state index in [1.807, 2.05) is 30.3 Å². The lowest BCUT2D eigenvalue weighted by molar-refractivity contribution is 1.38. The van der Waals surface area contributed by atoms with E-state index in [0.717, 1.165) is 21.8 Å². The van der Waals surface area contributed by atoms with E-state index in [0.29, 0.717) is 10.8 Å².